The van der Waals surface area contributed by atoms with Gasteiger partial charge in [0.1, 0.15) is 11.3 Å². The lowest BCUT2D eigenvalue weighted by atomic mass is 9.91. The van der Waals surface area contributed by atoms with Crippen molar-refractivity contribution in [1.29, 1.82) is 0 Å². The molecule has 8 heteroatoms. The van der Waals surface area contributed by atoms with Gasteiger partial charge in [0, 0.05) is 6.42 Å². The predicted molar refractivity (Wildman–Crippen MR) is 168 cm³/mol. The first-order valence-corrected chi connectivity index (χ1v) is 15.9. The van der Waals surface area contributed by atoms with Gasteiger partial charge in [-0.2, -0.15) is 0 Å². The van der Waals surface area contributed by atoms with Gasteiger partial charge in [-0.25, -0.2) is 9.59 Å². The van der Waals surface area contributed by atoms with Crippen molar-refractivity contribution in [3.8, 4) is 0 Å². The molecule has 3 aromatic carbocycles. The average molecular weight is 590 g/mol. The van der Waals surface area contributed by atoms with Crippen LogP contribution in [0.4, 0.5) is 4.79 Å². The Bertz CT molecular complexity index is 1360. The molecule has 1 atom stereocenters. The second kappa shape index (κ2) is 12.3. The lowest BCUT2D eigenvalue weighted by molar-refractivity contribution is -0.155. The molecule has 0 spiro atoms. The van der Waals surface area contributed by atoms with Crippen molar-refractivity contribution in [2.24, 2.45) is 0 Å². The minimum absolute atomic E-state index is 0.00997. The lowest BCUT2D eigenvalue weighted by Crippen LogP contribution is -2.61. The lowest BCUT2D eigenvalue weighted by Gasteiger charge is -2.40. The molecule has 42 heavy (non-hydrogen) atoms. The van der Waals surface area contributed by atoms with Gasteiger partial charge < -0.3 is 14.2 Å². The molecule has 0 aromatic heterocycles. The number of ether oxygens (including phenoxy) is 3. The van der Waals surface area contributed by atoms with Crippen molar-refractivity contribution < 1.29 is 28.6 Å². The fourth-order valence-corrected chi connectivity index (χ4v) is 9.37. The number of ketones is 1. The summed E-state index contributed by atoms with van der Waals surface area (Å²) in [4.78, 5) is 42.3. The van der Waals surface area contributed by atoms with Crippen LogP contribution in [0.1, 0.15) is 47.5 Å². The molecule has 7 nitrogen and oxygen atoms in total. The average Bonchev–Trinajstić information content (AvgIpc) is 3.26. The van der Waals surface area contributed by atoms with Gasteiger partial charge in [-0.15, -0.1) is 0 Å². The van der Waals surface area contributed by atoms with Crippen molar-refractivity contribution in [3.63, 3.8) is 0 Å². The van der Waals surface area contributed by atoms with Crippen LogP contribution in [0.5, 0.6) is 0 Å². The number of nitrogens with zero attached hydrogens (tertiary/aromatic N) is 1. The van der Waals surface area contributed by atoms with E-state index in [4.69, 9.17) is 14.2 Å². The van der Waals surface area contributed by atoms with Crippen molar-refractivity contribution in [2.45, 2.75) is 64.3 Å². The van der Waals surface area contributed by atoms with E-state index < -0.39 is 35.8 Å². The molecule has 0 aliphatic carbocycles. The summed E-state index contributed by atoms with van der Waals surface area (Å²) < 4.78 is 16.9. The Morgan fingerprint density at radius 3 is 1.71 bits per heavy atom. The summed E-state index contributed by atoms with van der Waals surface area (Å²) in [6, 6.07) is 30.1. The number of hydrogen-bond donors (Lipinski definition) is 0. The van der Waals surface area contributed by atoms with Crippen LogP contribution in [-0.2, 0) is 23.8 Å². The molecule has 1 fully saturated rings. The van der Waals surface area contributed by atoms with Gasteiger partial charge >= 0.3 is 12.1 Å². The van der Waals surface area contributed by atoms with E-state index in [2.05, 4.69) is 36.4 Å². The summed E-state index contributed by atoms with van der Waals surface area (Å²) in [6.07, 6.45) is -0.704. The van der Waals surface area contributed by atoms with Crippen LogP contribution >= 0.6 is 6.89 Å². The maximum atomic E-state index is 14.1. The number of rotatable bonds is 8. The van der Waals surface area contributed by atoms with E-state index in [-0.39, 0.29) is 25.2 Å². The van der Waals surface area contributed by atoms with Crippen LogP contribution in [0.2, 0.25) is 0 Å². The van der Waals surface area contributed by atoms with E-state index in [1.54, 1.807) is 34.6 Å². The van der Waals surface area contributed by atoms with Crippen LogP contribution in [0.25, 0.3) is 0 Å². The first kappa shape index (κ1) is 31.3. The molecular formula is C34H40NO6P. The van der Waals surface area contributed by atoms with Crippen LogP contribution in [-0.4, -0.2) is 59.1 Å². The third-order valence-corrected chi connectivity index (χ3v) is 11.4. The van der Waals surface area contributed by atoms with Crippen molar-refractivity contribution in [2.75, 3.05) is 13.7 Å². The first-order chi connectivity index (χ1) is 19.9. The third-order valence-electron chi connectivity index (χ3n) is 7.39. The molecule has 1 aliphatic rings. The number of carbonyl (C=O) groups excluding carboxylic acids is 3. The quantitative estimate of drug-likeness (QED) is 0.270. The molecule has 0 bridgehead atoms. The molecule has 0 saturated carbocycles. The van der Waals surface area contributed by atoms with Crippen LogP contribution in [0.15, 0.2) is 91.0 Å². The number of Topliss-reactive ketones (excluding diaryl/α,β-unsaturated/α-hetero) is 1. The van der Waals surface area contributed by atoms with Gasteiger partial charge in [-0.1, -0.05) is 91.0 Å². The Morgan fingerprint density at radius 2 is 1.31 bits per heavy atom. The minimum Gasteiger partial charge on any atom is -0.467 e. The Labute approximate surface area is 248 Å². The van der Waals surface area contributed by atoms with E-state index in [0.29, 0.717) is 0 Å². The zero-order valence-electron chi connectivity index (χ0n) is 25.2. The molecule has 0 radical (unpaired) electrons. The molecule has 4 rings (SSSR count). The van der Waals surface area contributed by atoms with Gasteiger partial charge in [-0.3, -0.25) is 9.69 Å². The summed E-state index contributed by atoms with van der Waals surface area (Å²) in [7, 11) is 1.27. The summed E-state index contributed by atoms with van der Waals surface area (Å²) >= 11 is 0. The molecule has 222 valence electrons. The molecule has 1 aliphatic heterocycles. The van der Waals surface area contributed by atoms with Gasteiger partial charge in [0.15, 0.2) is 11.3 Å². The zero-order valence-corrected chi connectivity index (χ0v) is 26.1. The maximum absolute atomic E-state index is 14.1. The van der Waals surface area contributed by atoms with Crippen molar-refractivity contribution in [3.05, 3.63) is 91.0 Å². The topological polar surface area (TPSA) is 82.1 Å². The highest BCUT2D eigenvalue weighted by Gasteiger charge is 2.60. The van der Waals surface area contributed by atoms with E-state index >= 15 is 0 Å². The second-order valence-electron chi connectivity index (χ2n) is 11.9. The molecular weight excluding hydrogens is 549 g/mol. The van der Waals surface area contributed by atoms with E-state index in [0.717, 1.165) is 15.9 Å². The molecule has 1 heterocycles. The van der Waals surface area contributed by atoms with Crippen LogP contribution in [0, 0.1) is 0 Å². The molecule has 3 aromatic rings. The highest BCUT2D eigenvalue weighted by atomic mass is 31.2. The Hall–Kier alpha value is -3.67. The smallest absolute Gasteiger partial charge is 0.413 e. The molecule has 0 N–H and O–H groups in total. The van der Waals surface area contributed by atoms with E-state index in [1.165, 1.54) is 12.0 Å². The number of esters is 1. The van der Waals surface area contributed by atoms with Gasteiger partial charge in [0.25, 0.3) is 0 Å². The van der Waals surface area contributed by atoms with Gasteiger partial charge in [0.2, 0.25) is 0 Å². The zero-order chi connectivity index (χ0) is 30.6. The summed E-state index contributed by atoms with van der Waals surface area (Å²) in [5.41, 5.74) is -3.48. The van der Waals surface area contributed by atoms with Crippen molar-refractivity contribution in [1.82, 2.24) is 4.90 Å². The maximum Gasteiger partial charge on any atom is 0.413 e. The van der Waals surface area contributed by atoms with E-state index in [9.17, 15) is 14.4 Å². The molecule has 1 amide bonds. The number of methoxy groups -OCH3 is 1. The van der Waals surface area contributed by atoms with Crippen LogP contribution < -0.4 is 15.9 Å². The fraction of sp³-hybridized carbons (Fsp3) is 0.353. The SMILES string of the molecule is COC(=O)[C@@]1(CCC(=O)C=P(c2ccccc2)(c2ccccc2)c2ccccc2)COC(C)(C)N1C(=O)OC(C)(C)C. The minimum atomic E-state index is -2.54. The molecule has 0 unspecified atom stereocenters. The summed E-state index contributed by atoms with van der Waals surface area (Å²) in [5, 5.41) is 3.12. The highest BCUT2D eigenvalue weighted by Crippen LogP contribution is 2.44. The standard InChI is InChI=1S/C34H40NO6P/c1-32(2,3)41-31(38)35-33(4,5)40-25-34(35,30(37)39-6)23-22-26(36)24-42(27-16-10-7-11-17-27,28-18-12-8-13-19-28)29-20-14-9-15-21-29/h7-21,24H,22-23,25H2,1-6H3/t34-/m1/s1. The highest BCUT2D eigenvalue weighted by molar-refractivity contribution is 7.95. The fourth-order valence-electron chi connectivity index (χ4n) is 5.54. The largest absolute Gasteiger partial charge is 0.467 e. The Balaban J connectivity index is 1.81. The Morgan fingerprint density at radius 1 is 0.857 bits per heavy atom. The summed E-state index contributed by atoms with van der Waals surface area (Å²) in [6.45, 7) is 6.02. The molecule has 1 saturated heterocycles. The van der Waals surface area contributed by atoms with Gasteiger partial charge in [0.05, 0.1) is 13.7 Å². The summed E-state index contributed by atoms with van der Waals surface area (Å²) in [5.74, 6) is 1.05. The number of benzene rings is 3. The van der Waals surface area contributed by atoms with E-state index in [1.807, 2.05) is 60.4 Å². The van der Waals surface area contributed by atoms with Crippen molar-refractivity contribution >= 4 is 46.4 Å². The van der Waals surface area contributed by atoms with Crippen LogP contribution in [0.3, 0.4) is 0 Å². The van der Waals surface area contributed by atoms with Gasteiger partial charge in [-0.05, 0) is 69.6 Å². The number of hydrogen-bond acceptors (Lipinski definition) is 6. The number of amides is 1. The number of carbonyl (C=O) groups is 3. The Kier molecular flexibility index (Phi) is 9.15. The third kappa shape index (κ3) is 6.23. The first-order valence-electron chi connectivity index (χ1n) is 14.1. The normalized spacial score (nSPS) is 18.3. The second-order valence-corrected chi connectivity index (χ2v) is 15.2. The predicted octanol–water partition coefficient (Wildman–Crippen LogP) is 5.05. The monoisotopic (exact) mass is 589 g/mol.